The fraction of sp³-hybridized carbons (Fsp3) is 0.222. The van der Waals surface area contributed by atoms with Gasteiger partial charge in [0.05, 0.1) is 11.1 Å². The predicted molar refractivity (Wildman–Crippen MR) is 112 cm³/mol. The lowest BCUT2D eigenvalue weighted by molar-refractivity contribution is -0.117. The number of carbonyl (C=O) groups is 2. The number of rotatable bonds is 6. The van der Waals surface area contributed by atoms with E-state index in [4.69, 9.17) is 5.84 Å². The quantitative estimate of drug-likeness (QED) is 0.321. The summed E-state index contributed by atoms with van der Waals surface area (Å²) in [6.45, 7) is 2.39. The lowest BCUT2D eigenvalue weighted by Crippen LogP contribution is -2.40. The van der Waals surface area contributed by atoms with E-state index in [0.29, 0.717) is 16.8 Å². The van der Waals surface area contributed by atoms with E-state index in [1.54, 1.807) is 0 Å². The number of hydrogen-bond acceptors (Lipinski definition) is 7. The third-order valence-corrected chi connectivity index (χ3v) is 5.64. The maximum absolute atomic E-state index is 12.8. The molecule has 0 fully saturated rings. The number of nitrogen functional groups attached to an aromatic ring is 1. The first-order chi connectivity index (χ1) is 13.5. The number of imide groups is 1. The van der Waals surface area contributed by atoms with E-state index in [1.807, 2.05) is 42.6 Å². The maximum atomic E-state index is 12.8. The maximum Gasteiger partial charge on any atom is 0.321 e. The molecule has 0 saturated heterocycles. The van der Waals surface area contributed by atoms with Gasteiger partial charge < -0.3 is 11.2 Å². The minimum atomic E-state index is -0.549. The molecule has 0 radical (unpaired) electrons. The molecular formula is C18H19N5O3S2. The predicted octanol–water partition coefficient (Wildman–Crippen LogP) is 2.17. The van der Waals surface area contributed by atoms with Gasteiger partial charge in [0.25, 0.3) is 5.56 Å². The summed E-state index contributed by atoms with van der Waals surface area (Å²) in [5, 5.41) is 7.30. The molecule has 8 nitrogen and oxygen atoms in total. The van der Waals surface area contributed by atoms with Gasteiger partial charge in [0.2, 0.25) is 5.91 Å². The molecule has 1 aromatic carbocycles. The van der Waals surface area contributed by atoms with Crippen LogP contribution in [0.2, 0.25) is 0 Å². The minimum Gasteiger partial charge on any atom is -0.338 e. The summed E-state index contributed by atoms with van der Waals surface area (Å²) < 4.78 is 0.941. The Morgan fingerprint density at radius 3 is 2.75 bits per heavy atom. The van der Waals surface area contributed by atoms with Crippen LogP contribution in [0.4, 0.5) is 4.79 Å². The van der Waals surface area contributed by atoms with Crippen molar-refractivity contribution in [1.82, 2.24) is 20.3 Å². The molecule has 28 heavy (non-hydrogen) atoms. The van der Waals surface area contributed by atoms with Crippen molar-refractivity contribution in [3.05, 3.63) is 46.1 Å². The normalized spacial score (nSPS) is 10.8. The average Bonchev–Trinajstić information content (AvgIpc) is 3.12. The number of benzene rings is 1. The molecule has 0 spiro atoms. The van der Waals surface area contributed by atoms with Crippen molar-refractivity contribution in [2.75, 3.05) is 18.1 Å². The fourth-order valence-electron chi connectivity index (χ4n) is 2.49. The third kappa shape index (κ3) is 4.34. The van der Waals surface area contributed by atoms with Crippen molar-refractivity contribution in [3.8, 4) is 11.1 Å². The molecule has 4 N–H and O–H groups in total. The summed E-state index contributed by atoms with van der Waals surface area (Å²) in [6, 6.07) is 8.97. The Morgan fingerprint density at radius 1 is 1.29 bits per heavy atom. The first-order valence-corrected chi connectivity index (χ1v) is 10.4. The smallest absolute Gasteiger partial charge is 0.321 e. The monoisotopic (exact) mass is 417 g/mol. The Bertz CT molecular complexity index is 1060. The Hall–Kier alpha value is -2.85. The van der Waals surface area contributed by atoms with E-state index in [2.05, 4.69) is 15.6 Å². The molecule has 0 saturated carbocycles. The summed E-state index contributed by atoms with van der Waals surface area (Å²) in [7, 11) is 0. The first kappa shape index (κ1) is 19.9. The molecule has 0 aliphatic rings. The van der Waals surface area contributed by atoms with Crippen LogP contribution in [-0.4, -0.2) is 33.9 Å². The molecule has 0 atom stereocenters. The molecule has 2 aromatic heterocycles. The van der Waals surface area contributed by atoms with E-state index < -0.39 is 11.9 Å². The highest BCUT2D eigenvalue weighted by molar-refractivity contribution is 7.99. The van der Waals surface area contributed by atoms with Crippen LogP contribution in [0.1, 0.15) is 13.3 Å². The van der Waals surface area contributed by atoms with Gasteiger partial charge in [0.1, 0.15) is 4.83 Å². The van der Waals surface area contributed by atoms with E-state index in [1.165, 1.54) is 11.3 Å². The average molecular weight is 418 g/mol. The Balaban J connectivity index is 1.79. The highest BCUT2D eigenvalue weighted by Crippen LogP contribution is 2.31. The second kappa shape index (κ2) is 8.89. The molecule has 0 aliphatic heterocycles. The van der Waals surface area contributed by atoms with E-state index >= 15 is 0 Å². The van der Waals surface area contributed by atoms with Crippen LogP contribution in [0.5, 0.6) is 0 Å². The summed E-state index contributed by atoms with van der Waals surface area (Å²) in [6.07, 6.45) is 0.769. The Morgan fingerprint density at radius 2 is 2.04 bits per heavy atom. The summed E-state index contributed by atoms with van der Waals surface area (Å²) in [5.74, 6) is 5.33. The lowest BCUT2D eigenvalue weighted by atomic mass is 10.1. The molecule has 10 heteroatoms. The molecule has 2 heterocycles. The highest BCUT2D eigenvalue weighted by atomic mass is 32.2. The van der Waals surface area contributed by atoms with Crippen molar-refractivity contribution in [2.45, 2.75) is 18.5 Å². The van der Waals surface area contributed by atoms with Crippen molar-refractivity contribution in [3.63, 3.8) is 0 Å². The number of aromatic nitrogens is 2. The summed E-state index contributed by atoms with van der Waals surface area (Å²) in [4.78, 5) is 41.1. The molecule has 0 aliphatic carbocycles. The SMILES string of the molecule is CCCNC(=O)NC(=O)CSc1nc2scc(-c3ccccc3)c2c(=O)n1N. The number of nitrogens with zero attached hydrogens (tertiary/aromatic N) is 2. The van der Waals surface area contributed by atoms with Crippen molar-refractivity contribution < 1.29 is 9.59 Å². The molecule has 0 unspecified atom stereocenters. The van der Waals surface area contributed by atoms with Gasteiger partial charge in [-0.2, -0.15) is 0 Å². The Kier molecular flexibility index (Phi) is 6.32. The zero-order chi connectivity index (χ0) is 20.1. The first-order valence-electron chi connectivity index (χ1n) is 8.56. The minimum absolute atomic E-state index is 0.0917. The number of fused-ring (bicyclic) bond motifs is 1. The number of amides is 3. The fourth-order valence-corrected chi connectivity index (χ4v) is 4.20. The van der Waals surface area contributed by atoms with Gasteiger partial charge >= 0.3 is 6.03 Å². The van der Waals surface area contributed by atoms with Crippen LogP contribution < -0.4 is 22.0 Å². The Labute approximate surface area is 169 Å². The van der Waals surface area contributed by atoms with Gasteiger partial charge in [0, 0.05) is 17.5 Å². The van der Waals surface area contributed by atoms with Crippen molar-refractivity contribution in [1.29, 1.82) is 0 Å². The van der Waals surface area contributed by atoms with Crippen LogP contribution in [0.15, 0.2) is 45.7 Å². The largest absolute Gasteiger partial charge is 0.338 e. The molecule has 3 rings (SSSR count). The van der Waals surface area contributed by atoms with E-state index in [9.17, 15) is 14.4 Å². The molecule has 0 bridgehead atoms. The summed E-state index contributed by atoms with van der Waals surface area (Å²) >= 11 is 2.34. The number of nitrogens with one attached hydrogen (secondary N) is 2. The van der Waals surface area contributed by atoms with Crippen LogP contribution in [0, 0.1) is 0 Å². The van der Waals surface area contributed by atoms with Crippen molar-refractivity contribution >= 4 is 45.3 Å². The van der Waals surface area contributed by atoms with Gasteiger partial charge in [-0.05, 0) is 12.0 Å². The number of nitrogens with two attached hydrogens (primary N) is 1. The summed E-state index contributed by atoms with van der Waals surface area (Å²) in [5.41, 5.74) is 1.30. The molecule has 3 amide bonds. The zero-order valence-corrected chi connectivity index (χ0v) is 16.7. The van der Waals surface area contributed by atoms with Crippen LogP contribution >= 0.6 is 23.1 Å². The second-order valence-corrected chi connectivity index (χ2v) is 7.66. The topological polar surface area (TPSA) is 119 Å². The zero-order valence-electron chi connectivity index (χ0n) is 15.1. The third-order valence-electron chi connectivity index (χ3n) is 3.81. The number of urea groups is 1. The standard InChI is InChI=1S/C18H19N5O3S2/c1-2-8-20-17(26)21-13(24)10-28-18-22-15-14(16(25)23(18)19)12(9-27-15)11-6-4-3-5-7-11/h3-7,9H,2,8,10,19H2,1H3,(H2,20,21,24,26). The van der Waals surface area contributed by atoms with Crippen molar-refractivity contribution in [2.24, 2.45) is 0 Å². The van der Waals surface area contributed by atoms with Crippen LogP contribution in [0.3, 0.4) is 0 Å². The highest BCUT2D eigenvalue weighted by Gasteiger charge is 2.17. The van der Waals surface area contributed by atoms with Crippen LogP contribution in [0.25, 0.3) is 21.3 Å². The van der Waals surface area contributed by atoms with Gasteiger partial charge in [-0.3, -0.25) is 14.9 Å². The van der Waals surface area contributed by atoms with Gasteiger partial charge in [0.15, 0.2) is 5.16 Å². The number of hydrogen-bond donors (Lipinski definition) is 3. The lowest BCUT2D eigenvalue weighted by Gasteiger charge is -2.08. The number of thioether (sulfide) groups is 1. The number of thiophene rings is 1. The van der Waals surface area contributed by atoms with Gasteiger partial charge in [-0.1, -0.05) is 49.0 Å². The van der Waals surface area contributed by atoms with Gasteiger partial charge in [-0.25, -0.2) is 14.5 Å². The molecular weight excluding hydrogens is 398 g/mol. The number of carbonyl (C=O) groups excluding carboxylic acids is 2. The van der Waals surface area contributed by atoms with Gasteiger partial charge in [-0.15, -0.1) is 11.3 Å². The van der Waals surface area contributed by atoms with Crippen LogP contribution in [-0.2, 0) is 4.79 Å². The second-order valence-electron chi connectivity index (χ2n) is 5.86. The van der Waals surface area contributed by atoms with E-state index in [0.717, 1.165) is 34.0 Å². The molecule has 146 valence electrons. The molecule has 3 aromatic rings. The van der Waals surface area contributed by atoms with E-state index in [-0.39, 0.29) is 16.5 Å².